The lowest BCUT2D eigenvalue weighted by Gasteiger charge is -2.23. The molecule has 0 saturated heterocycles. The van der Waals surface area contributed by atoms with Crippen molar-refractivity contribution in [2.45, 2.75) is 30.6 Å². The Morgan fingerprint density at radius 3 is 2.35 bits per heavy atom. The first-order chi connectivity index (χ1) is 16.4. The fraction of sp³-hybridized carbons (Fsp3) is 0.286. The Balaban J connectivity index is 1.48. The van der Waals surface area contributed by atoms with Gasteiger partial charge in [0, 0.05) is 23.3 Å². The molecule has 0 atom stereocenters. The number of carbonyl (C=O) groups is 2. The second-order valence-electron chi connectivity index (χ2n) is 8.62. The van der Waals surface area contributed by atoms with Gasteiger partial charge in [0.05, 0.1) is 19.1 Å². The van der Waals surface area contributed by atoms with E-state index in [0.29, 0.717) is 36.5 Å². The second-order valence-corrected chi connectivity index (χ2v) is 9.50. The minimum atomic E-state index is -1.12. The molecule has 4 rings (SSSR count). The zero-order chi connectivity index (χ0) is 24.1. The SMILES string of the molecule is COc1ccc(C(=O)CC2(C(=O)O)Cc3ccccc3C2)cc1OCCc1cccc(SC)c1. The first-order valence-corrected chi connectivity index (χ1v) is 12.4. The zero-order valence-corrected chi connectivity index (χ0v) is 20.2. The smallest absolute Gasteiger partial charge is 0.310 e. The van der Waals surface area contributed by atoms with Gasteiger partial charge in [-0.15, -0.1) is 11.8 Å². The molecule has 3 aromatic carbocycles. The number of fused-ring (bicyclic) bond motifs is 1. The first kappa shape index (κ1) is 23.9. The van der Waals surface area contributed by atoms with Crippen LogP contribution >= 0.6 is 11.8 Å². The van der Waals surface area contributed by atoms with E-state index in [4.69, 9.17) is 9.47 Å². The summed E-state index contributed by atoms with van der Waals surface area (Å²) in [6, 6.07) is 21.0. The minimum absolute atomic E-state index is 0.0652. The van der Waals surface area contributed by atoms with E-state index in [2.05, 4.69) is 18.2 Å². The number of benzene rings is 3. The molecule has 176 valence electrons. The van der Waals surface area contributed by atoms with Crippen LogP contribution in [0.2, 0.25) is 0 Å². The third kappa shape index (κ3) is 5.12. The summed E-state index contributed by atoms with van der Waals surface area (Å²) in [7, 11) is 1.56. The second kappa shape index (κ2) is 10.3. The van der Waals surface area contributed by atoms with E-state index < -0.39 is 11.4 Å². The van der Waals surface area contributed by atoms with Gasteiger partial charge in [0.2, 0.25) is 0 Å². The summed E-state index contributed by atoms with van der Waals surface area (Å²) in [5.41, 5.74) is 2.48. The number of methoxy groups -OCH3 is 1. The Labute approximate surface area is 204 Å². The van der Waals surface area contributed by atoms with Crippen molar-refractivity contribution < 1.29 is 24.2 Å². The molecule has 0 saturated carbocycles. The number of ketones is 1. The number of rotatable bonds is 10. The van der Waals surface area contributed by atoms with Gasteiger partial charge in [0.25, 0.3) is 0 Å². The number of carboxylic acids is 1. The molecular formula is C28H28O5S. The molecule has 0 unspecified atom stereocenters. The average molecular weight is 477 g/mol. The third-order valence-corrected chi connectivity index (χ3v) is 7.12. The summed E-state index contributed by atoms with van der Waals surface area (Å²) >= 11 is 1.69. The first-order valence-electron chi connectivity index (χ1n) is 11.2. The molecule has 6 heteroatoms. The number of Topliss-reactive ketones (excluding diaryl/α,β-unsaturated/α-hetero) is 1. The van der Waals surface area contributed by atoms with Crippen molar-refractivity contribution in [2.24, 2.45) is 5.41 Å². The third-order valence-electron chi connectivity index (χ3n) is 6.40. The molecule has 1 aliphatic rings. The number of hydrogen-bond donors (Lipinski definition) is 1. The van der Waals surface area contributed by atoms with E-state index in [1.165, 1.54) is 10.5 Å². The molecule has 0 fully saturated rings. The highest BCUT2D eigenvalue weighted by Crippen LogP contribution is 2.41. The molecule has 0 aromatic heterocycles. The quantitative estimate of drug-likeness (QED) is 0.309. The highest BCUT2D eigenvalue weighted by molar-refractivity contribution is 7.98. The van der Waals surface area contributed by atoms with Crippen LogP contribution in [0.15, 0.2) is 71.6 Å². The van der Waals surface area contributed by atoms with Crippen molar-refractivity contribution in [3.8, 4) is 11.5 Å². The molecule has 34 heavy (non-hydrogen) atoms. The van der Waals surface area contributed by atoms with Crippen LogP contribution in [0.3, 0.4) is 0 Å². The van der Waals surface area contributed by atoms with E-state index in [1.807, 2.05) is 36.6 Å². The topological polar surface area (TPSA) is 72.8 Å². The van der Waals surface area contributed by atoms with Gasteiger partial charge in [-0.25, -0.2) is 0 Å². The van der Waals surface area contributed by atoms with E-state index >= 15 is 0 Å². The lowest BCUT2D eigenvalue weighted by Crippen LogP contribution is -2.34. The molecule has 0 spiro atoms. The largest absolute Gasteiger partial charge is 0.493 e. The van der Waals surface area contributed by atoms with Gasteiger partial charge in [-0.2, -0.15) is 0 Å². The van der Waals surface area contributed by atoms with Gasteiger partial charge < -0.3 is 14.6 Å². The van der Waals surface area contributed by atoms with Crippen molar-refractivity contribution in [1.82, 2.24) is 0 Å². The lowest BCUT2D eigenvalue weighted by atomic mass is 9.79. The number of carbonyl (C=O) groups excluding carboxylic acids is 1. The van der Waals surface area contributed by atoms with Crippen molar-refractivity contribution >= 4 is 23.5 Å². The van der Waals surface area contributed by atoms with Crippen molar-refractivity contribution in [2.75, 3.05) is 20.0 Å². The van der Waals surface area contributed by atoms with Crippen molar-refractivity contribution in [3.05, 3.63) is 89.0 Å². The van der Waals surface area contributed by atoms with Gasteiger partial charge in [-0.05, 0) is 66.1 Å². The highest BCUT2D eigenvalue weighted by atomic mass is 32.2. The molecule has 1 aliphatic carbocycles. The van der Waals surface area contributed by atoms with Gasteiger partial charge in [0.15, 0.2) is 17.3 Å². The molecule has 0 bridgehead atoms. The molecular weight excluding hydrogens is 448 g/mol. The van der Waals surface area contributed by atoms with E-state index in [1.54, 1.807) is 37.1 Å². The molecule has 3 aromatic rings. The molecule has 0 heterocycles. The maximum Gasteiger partial charge on any atom is 0.310 e. The average Bonchev–Trinajstić information content (AvgIpc) is 3.23. The number of thioether (sulfide) groups is 1. The van der Waals surface area contributed by atoms with Gasteiger partial charge in [-0.1, -0.05) is 36.4 Å². The Bertz CT molecular complexity index is 1180. The number of hydrogen-bond acceptors (Lipinski definition) is 5. The van der Waals surface area contributed by atoms with Gasteiger partial charge >= 0.3 is 5.97 Å². The number of ether oxygens (including phenoxy) is 2. The Morgan fingerprint density at radius 2 is 1.71 bits per heavy atom. The molecule has 1 N–H and O–H groups in total. The summed E-state index contributed by atoms with van der Waals surface area (Å²) in [5, 5.41) is 10.0. The van der Waals surface area contributed by atoms with Gasteiger partial charge in [-0.3, -0.25) is 9.59 Å². The molecule has 0 aliphatic heterocycles. The maximum atomic E-state index is 13.2. The molecule has 0 radical (unpaired) electrons. The zero-order valence-electron chi connectivity index (χ0n) is 19.4. The molecule has 0 amide bonds. The fourth-order valence-electron chi connectivity index (χ4n) is 4.53. The summed E-state index contributed by atoms with van der Waals surface area (Å²) < 4.78 is 11.4. The monoisotopic (exact) mass is 476 g/mol. The predicted molar refractivity (Wildman–Crippen MR) is 133 cm³/mol. The fourth-order valence-corrected chi connectivity index (χ4v) is 5.01. The van der Waals surface area contributed by atoms with Crippen LogP contribution in [0.1, 0.15) is 33.5 Å². The Hall–Kier alpha value is -3.25. The van der Waals surface area contributed by atoms with Crippen LogP contribution in [0.4, 0.5) is 0 Å². The van der Waals surface area contributed by atoms with Crippen LogP contribution in [0, 0.1) is 5.41 Å². The van der Waals surface area contributed by atoms with E-state index in [-0.39, 0.29) is 12.2 Å². The van der Waals surface area contributed by atoms with Crippen molar-refractivity contribution in [1.29, 1.82) is 0 Å². The molecule has 5 nitrogen and oxygen atoms in total. The van der Waals surface area contributed by atoms with Gasteiger partial charge in [0.1, 0.15) is 0 Å². The van der Waals surface area contributed by atoms with Crippen LogP contribution in [-0.2, 0) is 24.1 Å². The van der Waals surface area contributed by atoms with Crippen molar-refractivity contribution in [3.63, 3.8) is 0 Å². The number of carboxylic acid groups (broad SMARTS) is 1. The van der Waals surface area contributed by atoms with Crippen LogP contribution in [0.25, 0.3) is 0 Å². The Morgan fingerprint density at radius 1 is 0.971 bits per heavy atom. The standard InChI is InChI=1S/C28H28O5S/c1-32-25-11-10-20(15-26(25)33-13-12-19-6-5-9-23(14-19)34-2)24(29)18-28(27(30)31)16-21-7-3-4-8-22(21)17-28/h3-11,14-15H,12-13,16-18H2,1-2H3,(H,30,31). The highest BCUT2D eigenvalue weighted by Gasteiger charge is 2.45. The summed E-state index contributed by atoms with van der Waals surface area (Å²) in [6.07, 6.45) is 3.42. The predicted octanol–water partition coefficient (Wildman–Crippen LogP) is 5.48. The minimum Gasteiger partial charge on any atom is -0.493 e. The Kier molecular flexibility index (Phi) is 7.27. The summed E-state index contributed by atoms with van der Waals surface area (Å²) in [6.45, 7) is 0.431. The van der Waals surface area contributed by atoms with Crippen LogP contribution in [-0.4, -0.2) is 36.8 Å². The van der Waals surface area contributed by atoms with Crippen LogP contribution in [0.5, 0.6) is 11.5 Å². The maximum absolute atomic E-state index is 13.2. The normalized spacial score (nSPS) is 13.8. The number of aliphatic carboxylic acids is 1. The van der Waals surface area contributed by atoms with E-state index in [0.717, 1.165) is 17.5 Å². The lowest BCUT2D eigenvalue weighted by molar-refractivity contribution is -0.148. The van der Waals surface area contributed by atoms with Crippen LogP contribution < -0.4 is 9.47 Å². The summed E-state index contributed by atoms with van der Waals surface area (Å²) in [4.78, 5) is 26.7. The van der Waals surface area contributed by atoms with E-state index in [9.17, 15) is 14.7 Å². The summed E-state index contributed by atoms with van der Waals surface area (Å²) in [5.74, 6) is -0.131.